The van der Waals surface area contributed by atoms with Gasteiger partial charge in [-0.3, -0.25) is 0 Å². The third kappa shape index (κ3) is 4.39. The molecular formula is C18H20N2O4S2. The fraction of sp³-hybridized carbons (Fsp3) is 0.278. The van der Waals surface area contributed by atoms with Gasteiger partial charge in [-0.1, -0.05) is 19.1 Å². The molecule has 0 fully saturated rings. The molecular weight excluding hydrogens is 372 g/mol. The average Bonchev–Trinajstić information content (AvgIpc) is 2.96. The molecule has 0 saturated carbocycles. The predicted octanol–water partition coefficient (Wildman–Crippen LogP) is 4.00. The second kappa shape index (κ2) is 8.77. The van der Waals surface area contributed by atoms with E-state index < -0.39 is 11.9 Å². The first-order valence-corrected chi connectivity index (χ1v) is 9.10. The van der Waals surface area contributed by atoms with Crippen LogP contribution in [0.5, 0.6) is 0 Å². The van der Waals surface area contributed by atoms with Gasteiger partial charge in [0, 0.05) is 5.69 Å². The molecule has 0 amide bonds. The number of nitrogens with one attached hydrogen (secondary N) is 2. The van der Waals surface area contributed by atoms with E-state index in [1.165, 1.54) is 19.8 Å². The Morgan fingerprint density at radius 2 is 1.85 bits per heavy atom. The molecule has 0 bridgehead atoms. The first-order valence-electron chi connectivity index (χ1n) is 7.88. The summed E-state index contributed by atoms with van der Waals surface area (Å²) in [6.07, 6.45) is 0.912. The molecule has 0 saturated heterocycles. The van der Waals surface area contributed by atoms with E-state index >= 15 is 0 Å². The maximum atomic E-state index is 12.1. The minimum atomic E-state index is -0.549. The lowest BCUT2D eigenvalue weighted by atomic mass is 10.1. The Balaban J connectivity index is 2.28. The number of esters is 2. The van der Waals surface area contributed by atoms with Gasteiger partial charge in [0.1, 0.15) is 9.88 Å². The van der Waals surface area contributed by atoms with E-state index in [4.69, 9.17) is 21.7 Å². The van der Waals surface area contributed by atoms with Crippen molar-refractivity contribution in [1.82, 2.24) is 0 Å². The van der Waals surface area contributed by atoms with Gasteiger partial charge in [0.2, 0.25) is 0 Å². The van der Waals surface area contributed by atoms with Crippen LogP contribution in [0.25, 0.3) is 0 Å². The quantitative estimate of drug-likeness (QED) is 0.588. The van der Waals surface area contributed by atoms with E-state index in [1.807, 2.05) is 24.3 Å². The van der Waals surface area contributed by atoms with Crippen molar-refractivity contribution in [2.75, 3.05) is 24.9 Å². The number of methoxy groups -OCH3 is 2. The number of carbonyl (C=O) groups excluding carboxylic acids is 2. The Hall–Kier alpha value is -2.45. The third-order valence-corrected chi connectivity index (χ3v) is 5.12. The third-order valence-electron chi connectivity index (χ3n) is 3.73. The summed E-state index contributed by atoms with van der Waals surface area (Å²) in [5.41, 5.74) is 2.77. The van der Waals surface area contributed by atoms with Crippen LogP contribution in [0.1, 0.15) is 38.1 Å². The number of aryl methyl sites for hydroxylation is 1. The average molecular weight is 393 g/mol. The van der Waals surface area contributed by atoms with Crippen LogP contribution in [0.3, 0.4) is 0 Å². The van der Waals surface area contributed by atoms with Crippen LogP contribution < -0.4 is 10.6 Å². The molecule has 0 aliphatic rings. The molecule has 26 heavy (non-hydrogen) atoms. The highest BCUT2D eigenvalue weighted by Crippen LogP contribution is 2.34. The summed E-state index contributed by atoms with van der Waals surface area (Å²) < 4.78 is 9.59. The van der Waals surface area contributed by atoms with E-state index in [2.05, 4.69) is 17.6 Å². The molecule has 6 nitrogen and oxygen atoms in total. The van der Waals surface area contributed by atoms with Gasteiger partial charge < -0.3 is 20.1 Å². The van der Waals surface area contributed by atoms with Gasteiger partial charge in [0.25, 0.3) is 0 Å². The molecule has 0 atom stereocenters. The Morgan fingerprint density at radius 3 is 2.46 bits per heavy atom. The van der Waals surface area contributed by atoms with Crippen molar-refractivity contribution in [1.29, 1.82) is 0 Å². The van der Waals surface area contributed by atoms with Crippen molar-refractivity contribution in [3.8, 4) is 0 Å². The Morgan fingerprint density at radius 1 is 1.15 bits per heavy atom. The lowest BCUT2D eigenvalue weighted by Crippen LogP contribution is -2.20. The van der Waals surface area contributed by atoms with Gasteiger partial charge >= 0.3 is 11.9 Å². The van der Waals surface area contributed by atoms with E-state index in [0.29, 0.717) is 20.6 Å². The van der Waals surface area contributed by atoms with Crippen LogP contribution in [0.4, 0.5) is 10.7 Å². The second-order valence-corrected chi connectivity index (χ2v) is 6.81. The number of thiophene rings is 1. The van der Waals surface area contributed by atoms with Crippen molar-refractivity contribution >= 4 is 51.3 Å². The number of benzene rings is 1. The molecule has 1 heterocycles. The monoisotopic (exact) mass is 392 g/mol. The number of hydrogen-bond donors (Lipinski definition) is 2. The van der Waals surface area contributed by atoms with Gasteiger partial charge in [-0.05, 0) is 48.8 Å². The topological polar surface area (TPSA) is 76.7 Å². The summed E-state index contributed by atoms with van der Waals surface area (Å²) in [7, 11) is 2.58. The standard InChI is InChI=1S/C18H20N2O4S2/c1-5-11-7-6-8-12(9-11)19-18(25)20-15-13(16(21)23-3)10(2)14(26-15)17(22)24-4/h6-9H,5H2,1-4H3,(H2,19,20,25). The summed E-state index contributed by atoms with van der Waals surface area (Å²) in [5.74, 6) is -1.06. The van der Waals surface area contributed by atoms with Crippen LogP contribution in [-0.2, 0) is 15.9 Å². The van der Waals surface area contributed by atoms with Crippen LogP contribution in [0, 0.1) is 6.92 Å². The highest BCUT2D eigenvalue weighted by atomic mass is 32.1. The lowest BCUT2D eigenvalue weighted by Gasteiger charge is -2.11. The van der Waals surface area contributed by atoms with Gasteiger partial charge in [-0.2, -0.15) is 0 Å². The van der Waals surface area contributed by atoms with Crippen molar-refractivity contribution < 1.29 is 19.1 Å². The molecule has 2 N–H and O–H groups in total. The molecule has 0 aliphatic carbocycles. The highest BCUT2D eigenvalue weighted by molar-refractivity contribution is 7.80. The number of carbonyl (C=O) groups is 2. The first-order chi connectivity index (χ1) is 12.4. The molecule has 138 valence electrons. The molecule has 0 aliphatic heterocycles. The molecule has 1 aromatic carbocycles. The second-order valence-electron chi connectivity index (χ2n) is 5.38. The van der Waals surface area contributed by atoms with Crippen LogP contribution in [0.2, 0.25) is 0 Å². The minimum absolute atomic E-state index is 0.268. The molecule has 0 spiro atoms. The normalized spacial score (nSPS) is 10.2. The van der Waals surface area contributed by atoms with Crippen LogP contribution in [0.15, 0.2) is 24.3 Å². The summed E-state index contributed by atoms with van der Waals surface area (Å²) in [6.45, 7) is 3.74. The fourth-order valence-corrected chi connectivity index (χ4v) is 3.77. The zero-order chi connectivity index (χ0) is 19.3. The predicted molar refractivity (Wildman–Crippen MR) is 107 cm³/mol. The largest absolute Gasteiger partial charge is 0.465 e. The molecule has 2 aromatic rings. The molecule has 1 aromatic heterocycles. The van der Waals surface area contributed by atoms with E-state index in [1.54, 1.807) is 6.92 Å². The smallest absolute Gasteiger partial charge is 0.348 e. The fourth-order valence-electron chi connectivity index (χ4n) is 2.37. The molecule has 8 heteroatoms. The van der Waals surface area contributed by atoms with Crippen LogP contribution >= 0.6 is 23.6 Å². The maximum Gasteiger partial charge on any atom is 0.348 e. The van der Waals surface area contributed by atoms with Gasteiger partial charge in [0.15, 0.2) is 5.11 Å². The molecule has 2 rings (SSSR count). The number of ether oxygens (including phenoxy) is 2. The lowest BCUT2D eigenvalue weighted by molar-refractivity contribution is 0.0601. The van der Waals surface area contributed by atoms with Gasteiger partial charge in [-0.15, -0.1) is 11.3 Å². The number of hydrogen-bond acceptors (Lipinski definition) is 6. The zero-order valence-electron chi connectivity index (χ0n) is 15.0. The number of thiocarbonyl (C=S) groups is 1. The maximum absolute atomic E-state index is 12.1. The SMILES string of the molecule is CCc1cccc(NC(=S)Nc2sc(C(=O)OC)c(C)c2C(=O)OC)c1. The van der Waals surface area contributed by atoms with Crippen molar-refractivity contribution in [3.63, 3.8) is 0 Å². The van der Waals surface area contributed by atoms with Crippen molar-refractivity contribution in [2.45, 2.75) is 20.3 Å². The molecule has 0 radical (unpaired) electrons. The summed E-state index contributed by atoms with van der Waals surface area (Å²) in [6, 6.07) is 7.86. The highest BCUT2D eigenvalue weighted by Gasteiger charge is 2.26. The Bertz CT molecular complexity index is 846. The van der Waals surface area contributed by atoms with E-state index in [-0.39, 0.29) is 5.56 Å². The summed E-state index contributed by atoms with van der Waals surface area (Å²) in [5, 5.41) is 6.80. The minimum Gasteiger partial charge on any atom is -0.465 e. The number of anilines is 2. The molecule has 0 unspecified atom stereocenters. The van der Waals surface area contributed by atoms with Crippen molar-refractivity contribution in [3.05, 3.63) is 45.8 Å². The number of rotatable bonds is 5. The zero-order valence-corrected chi connectivity index (χ0v) is 16.6. The first kappa shape index (κ1) is 19.9. The van der Waals surface area contributed by atoms with Crippen molar-refractivity contribution in [2.24, 2.45) is 0 Å². The Labute approximate surface area is 161 Å². The Kier molecular flexibility index (Phi) is 6.70. The van der Waals surface area contributed by atoms with Gasteiger partial charge in [-0.25, -0.2) is 9.59 Å². The van der Waals surface area contributed by atoms with E-state index in [0.717, 1.165) is 23.4 Å². The van der Waals surface area contributed by atoms with Crippen LogP contribution in [-0.4, -0.2) is 31.3 Å². The summed E-state index contributed by atoms with van der Waals surface area (Å²) >= 11 is 6.44. The summed E-state index contributed by atoms with van der Waals surface area (Å²) in [4.78, 5) is 24.4. The van der Waals surface area contributed by atoms with E-state index in [9.17, 15) is 9.59 Å². The van der Waals surface area contributed by atoms with Gasteiger partial charge in [0.05, 0.1) is 19.8 Å².